The fourth-order valence-corrected chi connectivity index (χ4v) is 16.8. The van der Waals surface area contributed by atoms with Crippen molar-refractivity contribution in [2.24, 2.45) is 11.3 Å². The lowest BCUT2D eigenvalue weighted by Crippen LogP contribution is -2.49. The average Bonchev–Trinajstić information content (AvgIpc) is 4.04. The molecule has 4 aromatic rings. The van der Waals surface area contributed by atoms with Gasteiger partial charge in [-0.3, -0.25) is 9.88 Å². The minimum absolute atomic E-state index is 0.0752. The molecule has 2 aliphatic carbocycles. The van der Waals surface area contributed by atoms with Crippen LogP contribution in [-0.4, -0.2) is 71.9 Å². The molecule has 3 aliphatic heterocycles. The summed E-state index contributed by atoms with van der Waals surface area (Å²) in [4.78, 5) is 19.3. The molecule has 0 unspecified atom stereocenters. The van der Waals surface area contributed by atoms with Crippen LogP contribution in [0.3, 0.4) is 0 Å². The second-order valence-corrected chi connectivity index (χ2v) is 24.4. The van der Waals surface area contributed by atoms with Crippen LogP contribution in [0.4, 0.5) is 20.3 Å². The molecule has 1 spiro atoms. The molecule has 0 bridgehead atoms. The summed E-state index contributed by atoms with van der Waals surface area (Å²) in [5, 5.41) is 2.02. The Balaban J connectivity index is 1.24. The SMILES string of the molecule is [2H]C([2H])(Oc1nc(N2CCCC[C@H]3[C@H](F)[C@H]32)c2cnc(-c3cc(N)cc4ccc(F)c(C#C[Si](C(C)C)(C(C)C)C(C)C)c34)c(C)c2n1)[C@]12CC(=C)CN1CCC21CC1. The van der Waals surface area contributed by atoms with E-state index in [1.807, 2.05) is 24.0 Å². The summed E-state index contributed by atoms with van der Waals surface area (Å²) in [5.41, 5.74) is 14.6. The van der Waals surface area contributed by atoms with Crippen LogP contribution in [0.25, 0.3) is 32.9 Å². The maximum Gasteiger partial charge on any atom is 0.319 e. The first-order valence-corrected chi connectivity index (χ1v) is 23.4. The molecule has 4 atom stereocenters. The number of ether oxygens (including phenoxy) is 1. The van der Waals surface area contributed by atoms with Crippen molar-refractivity contribution in [2.75, 3.05) is 36.8 Å². The number of nitrogens with zero attached hydrogens (tertiary/aromatic N) is 5. The molecule has 5 heterocycles. The zero-order chi connectivity index (χ0) is 42.0. The van der Waals surface area contributed by atoms with Gasteiger partial charge in [0.15, 0.2) is 0 Å². The number of anilines is 2. The Hall–Kier alpha value is -4.07. The van der Waals surface area contributed by atoms with Gasteiger partial charge in [0, 0.05) is 47.4 Å². The van der Waals surface area contributed by atoms with Gasteiger partial charge in [0.2, 0.25) is 0 Å². The maximum atomic E-state index is 16.3. The topological polar surface area (TPSA) is 80.4 Å². The molecule has 5 aliphatic rings. The number of alkyl halides is 1. The molecular weight excluding hydrogens is 731 g/mol. The third-order valence-electron chi connectivity index (χ3n) is 14.8. The van der Waals surface area contributed by atoms with Gasteiger partial charge in [-0.15, -0.1) is 5.54 Å². The second-order valence-electron chi connectivity index (χ2n) is 18.8. The molecule has 3 saturated heterocycles. The zero-order valence-corrected chi connectivity index (χ0v) is 35.6. The Kier molecular flexibility index (Phi) is 8.70. The van der Waals surface area contributed by atoms with Crippen LogP contribution in [0.1, 0.15) is 100 Å². The van der Waals surface area contributed by atoms with Gasteiger partial charge >= 0.3 is 6.01 Å². The van der Waals surface area contributed by atoms with Crippen LogP contribution in [-0.2, 0) is 0 Å². The van der Waals surface area contributed by atoms with E-state index in [0.717, 1.165) is 56.0 Å². The smallest absolute Gasteiger partial charge is 0.319 e. The summed E-state index contributed by atoms with van der Waals surface area (Å²) >= 11 is 0. The number of pyridine rings is 1. The molecule has 5 fully saturated rings. The van der Waals surface area contributed by atoms with Crippen LogP contribution in [0.2, 0.25) is 16.6 Å². The Morgan fingerprint density at radius 2 is 1.82 bits per heavy atom. The van der Waals surface area contributed by atoms with Crippen molar-refractivity contribution in [2.45, 2.75) is 128 Å². The summed E-state index contributed by atoms with van der Waals surface area (Å²) in [6.07, 6.45) is 6.73. The molecule has 2 aromatic carbocycles. The van der Waals surface area contributed by atoms with E-state index in [9.17, 15) is 2.74 Å². The average molecular weight is 791 g/mol. The fourth-order valence-electron chi connectivity index (χ4n) is 11.6. The summed E-state index contributed by atoms with van der Waals surface area (Å²) in [5.74, 6) is 3.45. The van der Waals surface area contributed by atoms with Crippen molar-refractivity contribution >= 4 is 41.3 Å². The largest absolute Gasteiger partial charge is 0.461 e. The lowest BCUT2D eigenvalue weighted by Gasteiger charge is -2.38. The number of rotatable bonds is 8. The highest BCUT2D eigenvalue weighted by molar-refractivity contribution is 6.90. The normalized spacial score (nSPS) is 26.1. The third kappa shape index (κ3) is 5.92. The minimum atomic E-state index is -2.23. The van der Waals surface area contributed by atoms with E-state index >= 15 is 8.78 Å². The lowest BCUT2D eigenvalue weighted by atomic mass is 9.80. The van der Waals surface area contributed by atoms with Crippen LogP contribution < -0.4 is 15.4 Å². The lowest BCUT2D eigenvalue weighted by molar-refractivity contribution is 0.0649. The van der Waals surface area contributed by atoms with E-state index in [1.54, 1.807) is 12.3 Å². The van der Waals surface area contributed by atoms with Crippen molar-refractivity contribution in [1.29, 1.82) is 0 Å². The zero-order valence-electron chi connectivity index (χ0n) is 36.6. The Morgan fingerprint density at radius 1 is 1.07 bits per heavy atom. The molecule has 2 N–H and O–H groups in total. The molecule has 2 saturated carbocycles. The number of hydrogen-bond acceptors (Lipinski definition) is 7. The number of nitrogen functional groups attached to an aromatic ring is 1. The summed E-state index contributed by atoms with van der Waals surface area (Å²) in [6.45, 7) is 19.6. The highest BCUT2D eigenvalue weighted by Gasteiger charge is 2.67. The number of halogens is 2. The van der Waals surface area contributed by atoms with Gasteiger partial charge in [0.25, 0.3) is 0 Å². The van der Waals surface area contributed by atoms with Gasteiger partial charge in [-0.2, -0.15) is 9.97 Å². The molecule has 7 nitrogen and oxygen atoms in total. The van der Waals surface area contributed by atoms with Crippen molar-refractivity contribution < 1.29 is 16.3 Å². The van der Waals surface area contributed by atoms with E-state index in [-0.39, 0.29) is 23.4 Å². The summed E-state index contributed by atoms with van der Waals surface area (Å²) < 4.78 is 57.6. The van der Waals surface area contributed by atoms with Gasteiger partial charge in [0.05, 0.1) is 36.5 Å². The Labute approximate surface area is 340 Å². The van der Waals surface area contributed by atoms with Gasteiger partial charge in [-0.25, -0.2) is 8.78 Å². The summed E-state index contributed by atoms with van der Waals surface area (Å²) in [7, 11) is -2.23. The summed E-state index contributed by atoms with van der Waals surface area (Å²) in [6, 6.07) is 6.48. The van der Waals surface area contributed by atoms with Crippen LogP contribution in [0.15, 0.2) is 42.6 Å². The molecule has 57 heavy (non-hydrogen) atoms. The molecule has 2 aromatic heterocycles. The first kappa shape index (κ1) is 36.0. The number of hydrogen-bond donors (Lipinski definition) is 1. The van der Waals surface area contributed by atoms with Crippen LogP contribution >= 0.6 is 0 Å². The number of benzene rings is 2. The highest BCUT2D eigenvalue weighted by atomic mass is 28.3. The fraction of sp³-hybridized carbons (Fsp3) is 0.553. The van der Waals surface area contributed by atoms with E-state index in [0.29, 0.717) is 86.3 Å². The predicted octanol–water partition coefficient (Wildman–Crippen LogP) is 10.3. The van der Waals surface area contributed by atoms with Gasteiger partial charge in [-0.1, -0.05) is 72.1 Å². The predicted molar refractivity (Wildman–Crippen MR) is 231 cm³/mol. The van der Waals surface area contributed by atoms with E-state index < -0.39 is 32.2 Å². The van der Waals surface area contributed by atoms with Crippen molar-refractivity contribution in [3.63, 3.8) is 0 Å². The van der Waals surface area contributed by atoms with Crippen molar-refractivity contribution in [3.05, 3.63) is 59.6 Å². The molecule has 10 heteroatoms. The van der Waals surface area contributed by atoms with Crippen molar-refractivity contribution in [1.82, 2.24) is 19.9 Å². The van der Waals surface area contributed by atoms with Crippen LogP contribution in [0.5, 0.6) is 6.01 Å². The molecule has 0 amide bonds. The first-order chi connectivity index (χ1) is 28.0. The Morgan fingerprint density at radius 3 is 2.54 bits per heavy atom. The molecule has 0 radical (unpaired) electrons. The monoisotopic (exact) mass is 790 g/mol. The van der Waals surface area contributed by atoms with Crippen molar-refractivity contribution in [3.8, 4) is 28.7 Å². The van der Waals surface area contributed by atoms with E-state index in [1.165, 1.54) is 6.07 Å². The Bertz CT molecular complexity index is 2440. The third-order valence-corrected chi connectivity index (χ3v) is 21.1. The second kappa shape index (κ2) is 13.8. The number of aryl methyl sites for hydroxylation is 1. The van der Waals surface area contributed by atoms with Gasteiger partial charge in [0.1, 0.15) is 32.4 Å². The highest BCUT2D eigenvalue weighted by Crippen LogP contribution is 2.66. The van der Waals surface area contributed by atoms with E-state index in [4.69, 9.17) is 25.4 Å². The minimum Gasteiger partial charge on any atom is -0.461 e. The number of nitrogens with two attached hydrogens (primary N) is 1. The maximum absolute atomic E-state index is 16.3. The van der Waals surface area contributed by atoms with Gasteiger partial charge in [-0.05, 0) is 97.6 Å². The quantitative estimate of drug-likeness (QED) is 0.0824. The molecule has 300 valence electrons. The van der Waals surface area contributed by atoms with Crippen LogP contribution in [0, 0.1) is 35.5 Å². The number of aromatic nitrogens is 3. The van der Waals surface area contributed by atoms with E-state index in [2.05, 4.69) is 64.5 Å². The molecule has 9 rings (SSSR count). The molecular formula is C47H58F2N6OSi. The number of fused-ring (bicyclic) bond motifs is 5. The standard InChI is InChI=1S/C47H58F2N6OSi/c1-27(2)57(28(3)4,29(5)6)20-14-34-38(48)13-12-32-21-33(50)22-36(39(32)34)41-31(8)42-37(24-51-41)44(55-18-10-9-11-35-40(49)43(35)55)53-45(52-42)56-26-47-23-30(7)25-54(47)19-17-46(47)15-16-46/h12-13,21-22,24,27-29,35,40,43H,7,9-11,15-19,23,25-26,50H2,1-6,8H3/t35-,40-,43-,47-/m0/s1/i26D2. The first-order valence-electron chi connectivity index (χ1n) is 22.2. The van der Waals surface area contributed by atoms with Gasteiger partial charge < -0.3 is 15.4 Å².